The van der Waals surface area contributed by atoms with E-state index in [1.54, 1.807) is 6.92 Å². The van der Waals surface area contributed by atoms with Gasteiger partial charge in [-0.25, -0.2) is 0 Å². The van der Waals surface area contributed by atoms with Gasteiger partial charge in [0.05, 0.1) is 6.61 Å². The van der Waals surface area contributed by atoms with Crippen LogP contribution >= 0.6 is 0 Å². The van der Waals surface area contributed by atoms with Gasteiger partial charge in [0.15, 0.2) is 0 Å². The second-order valence-electron chi connectivity index (χ2n) is 3.59. The second-order valence-corrected chi connectivity index (χ2v) is 3.59. The minimum absolute atomic E-state index is 0.107. The second kappa shape index (κ2) is 5.18. The highest BCUT2D eigenvalue weighted by molar-refractivity contribution is 5.47. The Labute approximate surface area is 104 Å². The molecule has 0 saturated carbocycles. The summed E-state index contributed by atoms with van der Waals surface area (Å²) in [6, 6.07) is 1.59. The maximum absolute atomic E-state index is 12.7. The molecular weight excluding hydrogens is 278 g/mol. The molecule has 19 heavy (non-hydrogen) atoms. The van der Waals surface area contributed by atoms with Gasteiger partial charge in [0.25, 0.3) is 0 Å². The van der Waals surface area contributed by atoms with E-state index in [4.69, 9.17) is 4.74 Å². The van der Waals surface area contributed by atoms with Crippen molar-refractivity contribution in [1.29, 1.82) is 0 Å². The van der Waals surface area contributed by atoms with E-state index in [9.17, 15) is 26.3 Å². The molecule has 0 unspecified atom stereocenters. The highest BCUT2D eigenvalue weighted by Crippen LogP contribution is 2.42. The number of hydrogen-bond donors (Lipinski definition) is 0. The average molecular weight is 288 g/mol. The third-order valence-corrected chi connectivity index (χ3v) is 2.09. The Morgan fingerprint density at radius 3 is 2.05 bits per heavy atom. The first-order chi connectivity index (χ1) is 8.54. The molecule has 108 valence electrons. The summed E-state index contributed by atoms with van der Waals surface area (Å²) in [5.41, 5.74) is -1.87. The van der Waals surface area contributed by atoms with Crippen molar-refractivity contribution in [3.8, 4) is 11.5 Å². The molecule has 0 atom stereocenters. The Kier molecular flexibility index (Phi) is 4.21. The number of ether oxygens (including phenoxy) is 2. The quantitative estimate of drug-likeness (QED) is 0.771. The molecule has 0 bridgehead atoms. The summed E-state index contributed by atoms with van der Waals surface area (Å²) in [4.78, 5) is 0. The third kappa shape index (κ3) is 4.22. The Balaban J connectivity index is 3.36. The lowest BCUT2D eigenvalue weighted by atomic mass is 10.1. The first kappa shape index (κ1) is 15.5. The van der Waals surface area contributed by atoms with Crippen LogP contribution in [0.2, 0.25) is 0 Å². The zero-order valence-electron chi connectivity index (χ0n) is 9.95. The zero-order valence-corrected chi connectivity index (χ0v) is 9.95. The lowest BCUT2D eigenvalue weighted by Gasteiger charge is -2.18. The van der Waals surface area contributed by atoms with E-state index in [1.165, 1.54) is 0 Å². The molecule has 0 aliphatic carbocycles. The molecule has 0 saturated heterocycles. The van der Waals surface area contributed by atoms with E-state index in [1.807, 2.05) is 0 Å². The van der Waals surface area contributed by atoms with Gasteiger partial charge in [-0.05, 0) is 25.5 Å². The van der Waals surface area contributed by atoms with Gasteiger partial charge in [-0.15, -0.1) is 13.2 Å². The van der Waals surface area contributed by atoms with Crippen LogP contribution in [0.15, 0.2) is 12.1 Å². The highest BCUT2D eigenvalue weighted by atomic mass is 19.4. The summed E-state index contributed by atoms with van der Waals surface area (Å²) in [7, 11) is 0. The molecular formula is C11H10F6O2. The fraction of sp³-hybridized carbons (Fsp3) is 0.455. The Hall–Kier alpha value is -1.60. The van der Waals surface area contributed by atoms with Crippen LogP contribution < -0.4 is 9.47 Å². The smallest absolute Gasteiger partial charge is 0.494 e. The first-order valence-corrected chi connectivity index (χ1v) is 5.15. The van der Waals surface area contributed by atoms with Crippen LogP contribution in [-0.2, 0) is 6.18 Å². The van der Waals surface area contributed by atoms with Crippen LogP contribution in [0.5, 0.6) is 11.5 Å². The molecule has 0 spiro atoms. The molecule has 0 aliphatic rings. The number of benzene rings is 1. The lowest BCUT2D eigenvalue weighted by molar-refractivity contribution is -0.276. The van der Waals surface area contributed by atoms with Gasteiger partial charge in [0.2, 0.25) is 0 Å². The van der Waals surface area contributed by atoms with Gasteiger partial charge in [0.1, 0.15) is 17.1 Å². The summed E-state index contributed by atoms with van der Waals surface area (Å²) in [5, 5.41) is 0. The lowest BCUT2D eigenvalue weighted by Crippen LogP contribution is -2.21. The van der Waals surface area contributed by atoms with Crippen molar-refractivity contribution in [2.24, 2.45) is 0 Å². The van der Waals surface area contributed by atoms with E-state index >= 15 is 0 Å². The molecule has 0 aliphatic heterocycles. The summed E-state index contributed by atoms with van der Waals surface area (Å²) >= 11 is 0. The number of aryl methyl sites for hydroxylation is 1. The highest BCUT2D eigenvalue weighted by Gasteiger charge is 2.41. The van der Waals surface area contributed by atoms with E-state index in [2.05, 4.69) is 4.74 Å². The van der Waals surface area contributed by atoms with Gasteiger partial charge < -0.3 is 9.47 Å². The van der Waals surface area contributed by atoms with E-state index < -0.39 is 29.4 Å². The van der Waals surface area contributed by atoms with Crippen LogP contribution in [0.4, 0.5) is 26.3 Å². The van der Waals surface area contributed by atoms with Crippen LogP contribution in [0.3, 0.4) is 0 Å². The molecule has 0 fully saturated rings. The van der Waals surface area contributed by atoms with Gasteiger partial charge >= 0.3 is 12.5 Å². The minimum atomic E-state index is -5.21. The number of alkyl halides is 6. The molecule has 2 nitrogen and oxygen atoms in total. The van der Waals surface area contributed by atoms with Crippen molar-refractivity contribution in [1.82, 2.24) is 0 Å². The first-order valence-electron chi connectivity index (χ1n) is 5.15. The third-order valence-electron chi connectivity index (χ3n) is 2.09. The van der Waals surface area contributed by atoms with Crippen molar-refractivity contribution in [3.05, 3.63) is 23.3 Å². The zero-order chi connectivity index (χ0) is 14.8. The predicted molar refractivity (Wildman–Crippen MR) is 54.0 cm³/mol. The predicted octanol–water partition coefficient (Wildman–Crippen LogP) is 4.31. The molecule has 0 heterocycles. The molecule has 0 amide bonds. The standard InChI is InChI=1S/C11H10F6O2/c1-3-18-7-4-6(2)9(10(12,13)14)8(5-7)19-11(15,16)17/h4-5H,3H2,1-2H3. The fourth-order valence-corrected chi connectivity index (χ4v) is 1.54. The Morgan fingerprint density at radius 1 is 1.05 bits per heavy atom. The van der Waals surface area contributed by atoms with Crippen LogP contribution in [-0.4, -0.2) is 13.0 Å². The average Bonchev–Trinajstić information content (AvgIpc) is 2.11. The molecule has 0 radical (unpaired) electrons. The fourth-order valence-electron chi connectivity index (χ4n) is 1.54. The SMILES string of the molecule is CCOc1cc(C)c(C(F)(F)F)c(OC(F)(F)F)c1. The van der Waals surface area contributed by atoms with Crippen LogP contribution in [0.25, 0.3) is 0 Å². The molecule has 8 heteroatoms. The van der Waals surface area contributed by atoms with E-state index in [0.29, 0.717) is 6.07 Å². The number of rotatable bonds is 3. The van der Waals surface area contributed by atoms with Gasteiger partial charge in [-0.3, -0.25) is 0 Å². The monoisotopic (exact) mass is 288 g/mol. The maximum Gasteiger partial charge on any atom is 0.573 e. The van der Waals surface area contributed by atoms with Crippen LogP contribution in [0, 0.1) is 6.92 Å². The van der Waals surface area contributed by atoms with Crippen molar-refractivity contribution >= 4 is 0 Å². The summed E-state index contributed by atoms with van der Waals surface area (Å²) in [5.74, 6) is -1.43. The Bertz CT molecular complexity index is 450. The number of halogens is 6. The van der Waals surface area contributed by atoms with E-state index in [-0.39, 0.29) is 12.4 Å². The molecule has 1 rings (SSSR count). The van der Waals surface area contributed by atoms with Gasteiger partial charge in [0, 0.05) is 6.07 Å². The van der Waals surface area contributed by atoms with Crippen molar-refractivity contribution in [2.75, 3.05) is 6.61 Å². The van der Waals surface area contributed by atoms with Gasteiger partial charge in [-0.2, -0.15) is 13.2 Å². The van der Waals surface area contributed by atoms with Crippen molar-refractivity contribution in [3.63, 3.8) is 0 Å². The summed E-state index contributed by atoms with van der Waals surface area (Å²) in [6.45, 7) is 2.70. The molecule has 1 aromatic carbocycles. The van der Waals surface area contributed by atoms with Crippen molar-refractivity contribution in [2.45, 2.75) is 26.4 Å². The maximum atomic E-state index is 12.7. The topological polar surface area (TPSA) is 18.5 Å². The molecule has 0 aromatic heterocycles. The van der Waals surface area contributed by atoms with Crippen LogP contribution in [0.1, 0.15) is 18.1 Å². The minimum Gasteiger partial charge on any atom is -0.494 e. The molecule has 0 N–H and O–H groups in total. The Morgan fingerprint density at radius 2 is 1.63 bits per heavy atom. The summed E-state index contributed by atoms with van der Waals surface area (Å²) < 4.78 is 82.8. The van der Waals surface area contributed by atoms with Gasteiger partial charge in [-0.1, -0.05) is 0 Å². The van der Waals surface area contributed by atoms with Crippen molar-refractivity contribution < 1.29 is 35.8 Å². The summed E-state index contributed by atoms with van der Waals surface area (Å²) in [6.07, 6.45) is -10.2. The molecule has 1 aromatic rings. The number of hydrogen-bond acceptors (Lipinski definition) is 2. The van der Waals surface area contributed by atoms with E-state index in [0.717, 1.165) is 13.0 Å². The largest absolute Gasteiger partial charge is 0.573 e. The normalized spacial score (nSPS) is 12.4.